The summed E-state index contributed by atoms with van der Waals surface area (Å²) in [7, 11) is 0. The van der Waals surface area contributed by atoms with E-state index in [9.17, 15) is 0 Å². The van der Waals surface area contributed by atoms with Crippen LogP contribution in [0.3, 0.4) is 0 Å². The molecule has 9 heavy (non-hydrogen) atoms. The third kappa shape index (κ3) is 4.28. The van der Waals surface area contributed by atoms with Crippen LogP contribution in [0, 0.1) is 0 Å². The zero-order chi connectivity index (χ0) is 7.11. The van der Waals surface area contributed by atoms with Gasteiger partial charge in [0.15, 0.2) is 6.23 Å². The number of rotatable bonds is 4. The first kappa shape index (κ1) is 8.76. The van der Waals surface area contributed by atoms with Gasteiger partial charge < -0.3 is 4.74 Å². The molecule has 0 N–H and O–H groups in total. The van der Waals surface area contributed by atoms with Gasteiger partial charge in [0, 0.05) is 6.61 Å². The summed E-state index contributed by atoms with van der Waals surface area (Å²) in [6, 6.07) is 0. The second-order valence-corrected chi connectivity index (χ2v) is 1.72. The molecule has 0 saturated carbocycles. The molecular formula is C6H11NOS. The molecule has 0 radical (unpaired) electrons. The summed E-state index contributed by atoms with van der Waals surface area (Å²) < 4.78 is 5.14. The van der Waals surface area contributed by atoms with Gasteiger partial charge >= 0.3 is 0 Å². The molecule has 2 nitrogen and oxygen atoms in total. The van der Waals surface area contributed by atoms with E-state index in [-0.39, 0.29) is 6.23 Å². The largest absolute Gasteiger partial charge is 0.356 e. The highest BCUT2D eigenvalue weighted by Crippen LogP contribution is 1.96. The van der Waals surface area contributed by atoms with E-state index >= 15 is 0 Å². The highest BCUT2D eigenvalue weighted by molar-refractivity contribution is 7.78. The van der Waals surface area contributed by atoms with Gasteiger partial charge in [0.1, 0.15) is 0 Å². The smallest absolute Gasteiger partial charge is 0.157 e. The van der Waals surface area contributed by atoms with Gasteiger partial charge in [-0.3, -0.25) is 0 Å². The maximum atomic E-state index is 5.14. The summed E-state index contributed by atoms with van der Waals surface area (Å²) >= 11 is 4.41. The molecule has 0 heterocycles. The van der Waals surface area contributed by atoms with Gasteiger partial charge in [-0.25, -0.2) is 4.99 Å². The molecule has 0 aromatic heterocycles. The lowest BCUT2D eigenvalue weighted by atomic mass is 10.4. The molecule has 0 saturated heterocycles. The lowest BCUT2D eigenvalue weighted by Gasteiger charge is -2.05. The van der Waals surface area contributed by atoms with Gasteiger partial charge in [0.05, 0.1) is 5.16 Å². The van der Waals surface area contributed by atoms with Crippen molar-refractivity contribution in [2.75, 3.05) is 6.61 Å². The average Bonchev–Trinajstić information content (AvgIpc) is 1.88. The summed E-state index contributed by atoms with van der Waals surface area (Å²) in [4.78, 5) is 3.77. The second kappa shape index (κ2) is 5.89. The maximum absolute atomic E-state index is 5.14. The Kier molecular flexibility index (Phi) is 5.73. The van der Waals surface area contributed by atoms with Crippen LogP contribution < -0.4 is 0 Å². The van der Waals surface area contributed by atoms with E-state index in [1.54, 1.807) is 0 Å². The predicted molar refractivity (Wildman–Crippen MR) is 40.7 cm³/mol. The first-order chi connectivity index (χ1) is 4.35. The first-order valence-corrected chi connectivity index (χ1v) is 3.44. The molecule has 1 atom stereocenters. The Labute approximate surface area is 60.9 Å². The van der Waals surface area contributed by atoms with E-state index in [0.29, 0.717) is 6.61 Å². The summed E-state index contributed by atoms with van der Waals surface area (Å²) in [5.41, 5.74) is 0. The van der Waals surface area contributed by atoms with Crippen molar-refractivity contribution in [2.45, 2.75) is 26.5 Å². The van der Waals surface area contributed by atoms with Gasteiger partial charge in [-0.1, -0.05) is 6.92 Å². The fraction of sp³-hybridized carbons (Fsp3) is 0.833. The third-order valence-electron chi connectivity index (χ3n) is 0.905. The number of isothiocyanates is 1. The Morgan fingerprint density at radius 2 is 2.33 bits per heavy atom. The van der Waals surface area contributed by atoms with Crippen LogP contribution in [0.4, 0.5) is 0 Å². The molecule has 3 heteroatoms. The van der Waals surface area contributed by atoms with Crippen LogP contribution in [0.5, 0.6) is 0 Å². The van der Waals surface area contributed by atoms with Gasteiger partial charge in [-0.2, -0.15) is 0 Å². The lowest BCUT2D eigenvalue weighted by Crippen LogP contribution is -2.07. The molecule has 0 aliphatic carbocycles. The first-order valence-electron chi connectivity index (χ1n) is 3.03. The van der Waals surface area contributed by atoms with E-state index in [2.05, 4.69) is 22.4 Å². The number of aliphatic imine (C=N–C) groups is 1. The molecule has 0 aliphatic rings. The Morgan fingerprint density at radius 1 is 1.67 bits per heavy atom. The van der Waals surface area contributed by atoms with E-state index < -0.39 is 0 Å². The fourth-order valence-corrected chi connectivity index (χ4v) is 0.615. The molecule has 0 aromatic carbocycles. The minimum absolute atomic E-state index is 0.0764. The van der Waals surface area contributed by atoms with Crippen molar-refractivity contribution in [3.8, 4) is 0 Å². The molecule has 0 aromatic rings. The van der Waals surface area contributed by atoms with E-state index in [4.69, 9.17) is 4.74 Å². The average molecular weight is 145 g/mol. The summed E-state index contributed by atoms with van der Waals surface area (Å²) in [6.07, 6.45) is 0.782. The highest BCUT2D eigenvalue weighted by atomic mass is 32.1. The number of hydrogen-bond acceptors (Lipinski definition) is 3. The van der Waals surface area contributed by atoms with Crippen LogP contribution in [0.25, 0.3) is 0 Å². The van der Waals surface area contributed by atoms with E-state index in [1.165, 1.54) is 0 Å². The van der Waals surface area contributed by atoms with Gasteiger partial charge in [-0.15, -0.1) is 0 Å². The molecular weight excluding hydrogens is 134 g/mol. The van der Waals surface area contributed by atoms with Crippen molar-refractivity contribution < 1.29 is 4.74 Å². The minimum Gasteiger partial charge on any atom is -0.356 e. The van der Waals surface area contributed by atoms with E-state index in [1.807, 2.05) is 13.8 Å². The minimum atomic E-state index is -0.0764. The molecule has 0 unspecified atom stereocenters. The standard InChI is InChI=1S/C6H11NOS/c1-3-6(7-5-9)8-4-2/h6H,3-4H2,1-2H3/t6-/m0/s1. The quantitative estimate of drug-likeness (QED) is 0.445. The van der Waals surface area contributed by atoms with Crippen LogP contribution in [0.2, 0.25) is 0 Å². The fourth-order valence-electron chi connectivity index (χ4n) is 0.498. The lowest BCUT2D eigenvalue weighted by molar-refractivity contribution is 0.0677. The van der Waals surface area contributed by atoms with Crippen LogP contribution >= 0.6 is 12.2 Å². The number of ether oxygens (including phenoxy) is 1. The predicted octanol–water partition coefficient (Wildman–Crippen LogP) is 1.86. The number of nitrogens with zero attached hydrogens (tertiary/aromatic N) is 1. The van der Waals surface area contributed by atoms with E-state index in [0.717, 1.165) is 6.42 Å². The summed E-state index contributed by atoms with van der Waals surface area (Å²) in [5.74, 6) is 0. The van der Waals surface area contributed by atoms with Gasteiger partial charge in [-0.05, 0) is 25.6 Å². The van der Waals surface area contributed by atoms with Crippen molar-refractivity contribution in [2.24, 2.45) is 4.99 Å². The van der Waals surface area contributed by atoms with Crippen LogP contribution in [-0.2, 0) is 4.74 Å². The molecule has 0 amide bonds. The summed E-state index contributed by atoms with van der Waals surface area (Å²) in [5, 5.41) is 2.29. The van der Waals surface area contributed by atoms with Gasteiger partial charge in [0.2, 0.25) is 0 Å². The topological polar surface area (TPSA) is 21.6 Å². The maximum Gasteiger partial charge on any atom is 0.157 e. The Balaban J connectivity index is 3.53. The monoisotopic (exact) mass is 145 g/mol. The zero-order valence-electron chi connectivity index (χ0n) is 5.76. The summed E-state index contributed by atoms with van der Waals surface area (Å²) in [6.45, 7) is 4.61. The Morgan fingerprint density at radius 3 is 2.67 bits per heavy atom. The van der Waals surface area contributed by atoms with Gasteiger partial charge in [0.25, 0.3) is 0 Å². The number of hydrogen-bond donors (Lipinski definition) is 0. The molecule has 0 aliphatic heterocycles. The third-order valence-corrected chi connectivity index (χ3v) is 1.01. The molecule has 0 fully saturated rings. The van der Waals surface area contributed by atoms with Crippen LogP contribution in [0.1, 0.15) is 20.3 Å². The highest BCUT2D eigenvalue weighted by Gasteiger charge is 1.98. The normalized spacial score (nSPS) is 12.2. The Bertz CT molecular complexity index is 110. The zero-order valence-corrected chi connectivity index (χ0v) is 6.57. The number of thiocarbonyl (C=S) groups is 1. The Hall–Kier alpha value is -0.240. The van der Waals surface area contributed by atoms with Crippen molar-refractivity contribution >= 4 is 17.4 Å². The second-order valence-electron chi connectivity index (χ2n) is 1.54. The SMILES string of the molecule is CCO[C@@H](CC)N=C=S. The van der Waals surface area contributed by atoms with Crippen molar-refractivity contribution in [1.82, 2.24) is 0 Å². The van der Waals surface area contributed by atoms with Crippen molar-refractivity contribution in [1.29, 1.82) is 0 Å². The molecule has 52 valence electrons. The molecule has 0 bridgehead atoms. The molecule has 0 spiro atoms. The van der Waals surface area contributed by atoms with Crippen LogP contribution in [-0.4, -0.2) is 18.0 Å². The van der Waals surface area contributed by atoms with Crippen molar-refractivity contribution in [3.63, 3.8) is 0 Å². The molecule has 0 rings (SSSR count). The van der Waals surface area contributed by atoms with Crippen LogP contribution in [0.15, 0.2) is 4.99 Å². The van der Waals surface area contributed by atoms with Crippen molar-refractivity contribution in [3.05, 3.63) is 0 Å².